The van der Waals surface area contributed by atoms with Crippen LogP contribution in [0.4, 0.5) is 5.69 Å². The quantitative estimate of drug-likeness (QED) is 0.593. The number of sulfonamides is 1. The van der Waals surface area contributed by atoms with E-state index in [-0.39, 0.29) is 17.3 Å². The van der Waals surface area contributed by atoms with Crippen molar-refractivity contribution in [3.63, 3.8) is 0 Å². The van der Waals surface area contributed by atoms with Crippen LogP contribution in [-0.4, -0.2) is 51.7 Å². The SMILES string of the molecule is CCN(CC)S(=O)(=O)c1ccc(NC(=O)COc2cc(C=O)ccc2OC)cc1. The Labute approximate surface area is 170 Å². The second kappa shape index (κ2) is 10.0. The Kier molecular flexibility index (Phi) is 7.74. The highest BCUT2D eigenvalue weighted by molar-refractivity contribution is 7.89. The Morgan fingerprint density at radius 2 is 1.72 bits per heavy atom. The maximum Gasteiger partial charge on any atom is 0.262 e. The third-order valence-corrected chi connectivity index (χ3v) is 6.23. The van der Waals surface area contributed by atoms with Gasteiger partial charge < -0.3 is 14.8 Å². The molecule has 0 unspecified atom stereocenters. The summed E-state index contributed by atoms with van der Waals surface area (Å²) in [5.41, 5.74) is 0.830. The molecule has 2 aromatic rings. The van der Waals surface area contributed by atoms with E-state index in [0.717, 1.165) is 0 Å². The molecule has 2 rings (SSSR count). The molecule has 0 fully saturated rings. The number of rotatable bonds is 10. The number of anilines is 1. The van der Waals surface area contributed by atoms with Gasteiger partial charge in [0.05, 0.1) is 12.0 Å². The highest BCUT2D eigenvalue weighted by Gasteiger charge is 2.21. The van der Waals surface area contributed by atoms with E-state index in [9.17, 15) is 18.0 Å². The number of nitrogens with zero attached hydrogens (tertiary/aromatic N) is 1. The van der Waals surface area contributed by atoms with Crippen LogP contribution in [0.5, 0.6) is 11.5 Å². The van der Waals surface area contributed by atoms with E-state index < -0.39 is 15.9 Å². The van der Waals surface area contributed by atoms with E-state index in [1.165, 1.54) is 41.7 Å². The minimum absolute atomic E-state index is 0.158. The van der Waals surface area contributed by atoms with Crippen molar-refractivity contribution in [3.8, 4) is 11.5 Å². The Bertz CT molecular complexity index is 953. The second-order valence-electron chi connectivity index (χ2n) is 5.98. The van der Waals surface area contributed by atoms with Crippen molar-refractivity contribution in [1.29, 1.82) is 0 Å². The molecule has 0 bridgehead atoms. The van der Waals surface area contributed by atoms with E-state index in [4.69, 9.17) is 9.47 Å². The number of carbonyl (C=O) groups is 2. The van der Waals surface area contributed by atoms with Gasteiger partial charge in [-0.1, -0.05) is 13.8 Å². The average molecular weight is 420 g/mol. The summed E-state index contributed by atoms with van der Waals surface area (Å²) in [5.74, 6) is 0.227. The molecule has 1 N–H and O–H groups in total. The van der Waals surface area contributed by atoms with Gasteiger partial charge in [-0.3, -0.25) is 9.59 Å². The van der Waals surface area contributed by atoms with Gasteiger partial charge in [0.1, 0.15) is 6.29 Å². The van der Waals surface area contributed by atoms with Crippen LogP contribution in [0, 0.1) is 0 Å². The number of ether oxygens (including phenoxy) is 2. The van der Waals surface area contributed by atoms with E-state index >= 15 is 0 Å². The zero-order chi connectivity index (χ0) is 21.4. The predicted octanol–water partition coefficient (Wildman–Crippen LogP) is 2.56. The summed E-state index contributed by atoms with van der Waals surface area (Å²) in [4.78, 5) is 23.2. The van der Waals surface area contributed by atoms with Gasteiger partial charge in [0.2, 0.25) is 10.0 Å². The van der Waals surface area contributed by atoms with Crippen LogP contribution >= 0.6 is 0 Å². The number of benzene rings is 2. The zero-order valence-corrected chi connectivity index (χ0v) is 17.4. The van der Waals surface area contributed by atoms with Crippen molar-refractivity contribution >= 4 is 27.9 Å². The first kappa shape index (κ1) is 22.4. The second-order valence-corrected chi connectivity index (χ2v) is 7.92. The normalized spacial score (nSPS) is 11.2. The number of aldehydes is 1. The monoisotopic (exact) mass is 420 g/mol. The number of amides is 1. The van der Waals surface area contributed by atoms with Crippen LogP contribution in [0.15, 0.2) is 47.4 Å². The molecular formula is C20H24N2O6S. The highest BCUT2D eigenvalue weighted by Crippen LogP contribution is 2.27. The molecule has 156 valence electrons. The van der Waals surface area contributed by atoms with Crippen LogP contribution in [-0.2, 0) is 14.8 Å². The summed E-state index contributed by atoms with van der Waals surface area (Å²) in [5, 5.41) is 2.63. The van der Waals surface area contributed by atoms with Crippen molar-refractivity contribution in [3.05, 3.63) is 48.0 Å². The lowest BCUT2D eigenvalue weighted by Crippen LogP contribution is -2.30. The Morgan fingerprint density at radius 3 is 2.28 bits per heavy atom. The minimum Gasteiger partial charge on any atom is -0.493 e. The van der Waals surface area contributed by atoms with Gasteiger partial charge in [0.25, 0.3) is 5.91 Å². The molecule has 9 heteroatoms. The number of hydrogen-bond acceptors (Lipinski definition) is 6. The zero-order valence-electron chi connectivity index (χ0n) is 16.5. The Morgan fingerprint density at radius 1 is 1.07 bits per heavy atom. The summed E-state index contributed by atoms with van der Waals surface area (Å²) in [6.45, 7) is 4.00. The van der Waals surface area contributed by atoms with E-state index in [0.29, 0.717) is 36.4 Å². The lowest BCUT2D eigenvalue weighted by atomic mass is 10.2. The number of hydrogen-bond donors (Lipinski definition) is 1. The van der Waals surface area contributed by atoms with Crippen LogP contribution in [0.1, 0.15) is 24.2 Å². The van der Waals surface area contributed by atoms with Crippen molar-refractivity contribution < 1.29 is 27.5 Å². The van der Waals surface area contributed by atoms with Gasteiger partial charge in [-0.2, -0.15) is 4.31 Å². The molecule has 0 aliphatic rings. The number of nitrogens with one attached hydrogen (secondary N) is 1. The Balaban J connectivity index is 2.02. The molecular weight excluding hydrogens is 396 g/mol. The molecule has 29 heavy (non-hydrogen) atoms. The van der Waals surface area contributed by atoms with Gasteiger partial charge in [0, 0.05) is 24.3 Å². The van der Waals surface area contributed by atoms with Gasteiger partial charge in [-0.25, -0.2) is 8.42 Å². The fourth-order valence-corrected chi connectivity index (χ4v) is 4.10. The van der Waals surface area contributed by atoms with Crippen LogP contribution in [0.3, 0.4) is 0 Å². The molecule has 0 aliphatic carbocycles. The van der Waals surface area contributed by atoms with Gasteiger partial charge in [-0.05, 0) is 42.5 Å². The first-order valence-electron chi connectivity index (χ1n) is 9.01. The average Bonchev–Trinajstić information content (AvgIpc) is 2.73. The lowest BCUT2D eigenvalue weighted by molar-refractivity contribution is -0.118. The summed E-state index contributed by atoms with van der Waals surface area (Å²) < 4.78 is 36.9. The maximum atomic E-state index is 12.5. The molecule has 2 aromatic carbocycles. The van der Waals surface area contributed by atoms with E-state index in [2.05, 4.69) is 5.32 Å². The van der Waals surface area contributed by atoms with E-state index in [1.54, 1.807) is 26.0 Å². The standard InChI is InChI=1S/C20H24N2O6S/c1-4-22(5-2)29(25,26)17-9-7-16(8-10-17)21-20(24)14-28-19-12-15(13-23)6-11-18(19)27-3/h6-13H,4-5,14H2,1-3H3,(H,21,24). The fourth-order valence-electron chi connectivity index (χ4n) is 2.64. The van der Waals surface area contributed by atoms with Crippen LogP contribution in [0.25, 0.3) is 0 Å². The van der Waals surface area contributed by atoms with Crippen molar-refractivity contribution in [1.82, 2.24) is 4.31 Å². The third kappa shape index (κ3) is 5.55. The fraction of sp³-hybridized carbons (Fsp3) is 0.300. The molecule has 0 heterocycles. The van der Waals surface area contributed by atoms with Gasteiger partial charge in [-0.15, -0.1) is 0 Å². The molecule has 8 nitrogen and oxygen atoms in total. The van der Waals surface area contributed by atoms with Gasteiger partial charge >= 0.3 is 0 Å². The smallest absolute Gasteiger partial charge is 0.262 e. The molecule has 0 aliphatic heterocycles. The molecule has 0 radical (unpaired) electrons. The first-order valence-corrected chi connectivity index (χ1v) is 10.5. The lowest BCUT2D eigenvalue weighted by Gasteiger charge is -2.18. The number of methoxy groups -OCH3 is 1. The first-order chi connectivity index (χ1) is 13.8. The summed E-state index contributed by atoms with van der Waals surface area (Å²) in [6, 6.07) is 10.6. The van der Waals surface area contributed by atoms with E-state index in [1.807, 2.05) is 0 Å². The highest BCUT2D eigenvalue weighted by atomic mass is 32.2. The number of carbonyl (C=O) groups excluding carboxylic acids is 2. The largest absolute Gasteiger partial charge is 0.493 e. The molecule has 0 atom stereocenters. The third-order valence-electron chi connectivity index (χ3n) is 4.16. The topological polar surface area (TPSA) is 102 Å². The van der Waals surface area contributed by atoms with Crippen LogP contribution in [0.2, 0.25) is 0 Å². The Hall–Kier alpha value is -2.91. The molecule has 0 spiro atoms. The molecule has 0 saturated heterocycles. The predicted molar refractivity (Wildman–Crippen MR) is 109 cm³/mol. The maximum absolute atomic E-state index is 12.5. The summed E-state index contributed by atoms with van der Waals surface area (Å²) >= 11 is 0. The minimum atomic E-state index is -3.55. The van der Waals surface area contributed by atoms with Crippen molar-refractivity contribution in [2.45, 2.75) is 18.7 Å². The van der Waals surface area contributed by atoms with Gasteiger partial charge in [0.15, 0.2) is 18.1 Å². The van der Waals surface area contributed by atoms with Crippen molar-refractivity contribution in [2.75, 3.05) is 32.1 Å². The summed E-state index contributed by atoms with van der Waals surface area (Å²) in [7, 11) is -2.10. The molecule has 0 saturated carbocycles. The molecule has 1 amide bonds. The summed E-state index contributed by atoms with van der Waals surface area (Å²) in [6.07, 6.45) is 0.667. The van der Waals surface area contributed by atoms with Crippen molar-refractivity contribution in [2.24, 2.45) is 0 Å². The molecule has 0 aromatic heterocycles. The van der Waals surface area contributed by atoms with Crippen LogP contribution < -0.4 is 14.8 Å².